The summed E-state index contributed by atoms with van der Waals surface area (Å²) in [6.45, 7) is 2.80. The molecule has 0 radical (unpaired) electrons. The molecule has 0 bridgehead atoms. The Morgan fingerprint density at radius 2 is 2.07 bits per heavy atom. The molecule has 7 nitrogen and oxygen atoms in total. The lowest BCUT2D eigenvalue weighted by molar-refractivity contribution is 0.0514. The van der Waals surface area contributed by atoms with Crippen molar-refractivity contribution in [3.63, 3.8) is 0 Å². The molecule has 3 heterocycles. The van der Waals surface area contributed by atoms with E-state index in [1.165, 1.54) is 0 Å². The standard InChI is InChI=1S/C20H18BrClN4O3/c1-12-17(18(25-29-12)15-6-2-3-7-16(15)22)19(27)26-8-4-5-14(11-26)28-20-23-9-13(21)10-24-20/h2-3,6-7,9-10,14H,4-5,8,11H2,1H3. The van der Waals surface area contributed by atoms with E-state index in [1.807, 2.05) is 18.2 Å². The number of piperidine rings is 1. The zero-order valence-electron chi connectivity index (χ0n) is 15.6. The molecule has 2 aromatic heterocycles. The molecule has 150 valence electrons. The van der Waals surface area contributed by atoms with Crippen LogP contribution in [0.15, 0.2) is 45.7 Å². The summed E-state index contributed by atoms with van der Waals surface area (Å²) < 4.78 is 12.0. The van der Waals surface area contributed by atoms with Crippen LogP contribution in [0.1, 0.15) is 29.0 Å². The third-order valence-corrected chi connectivity index (χ3v) is 5.48. The molecule has 3 aromatic rings. The van der Waals surface area contributed by atoms with E-state index in [4.69, 9.17) is 20.9 Å². The number of halogens is 2. The Hall–Kier alpha value is -2.45. The summed E-state index contributed by atoms with van der Waals surface area (Å²) in [5.41, 5.74) is 1.55. The predicted octanol–water partition coefficient (Wildman–Crippen LogP) is 4.54. The first kappa shape index (κ1) is 19.8. The fourth-order valence-corrected chi connectivity index (χ4v) is 3.78. The van der Waals surface area contributed by atoms with E-state index in [0.29, 0.717) is 46.7 Å². The largest absolute Gasteiger partial charge is 0.458 e. The van der Waals surface area contributed by atoms with Crippen LogP contribution in [0.25, 0.3) is 11.3 Å². The average molecular weight is 478 g/mol. The van der Waals surface area contributed by atoms with E-state index in [9.17, 15) is 4.79 Å². The highest BCUT2D eigenvalue weighted by Gasteiger charge is 2.31. The summed E-state index contributed by atoms with van der Waals surface area (Å²) >= 11 is 9.61. The van der Waals surface area contributed by atoms with Gasteiger partial charge in [0.25, 0.3) is 5.91 Å². The molecule has 1 aliphatic rings. The number of benzene rings is 1. The monoisotopic (exact) mass is 476 g/mol. The second-order valence-corrected chi connectivity index (χ2v) is 8.08. The first-order valence-electron chi connectivity index (χ1n) is 9.17. The highest BCUT2D eigenvalue weighted by molar-refractivity contribution is 9.10. The summed E-state index contributed by atoms with van der Waals surface area (Å²) in [6.07, 6.45) is 4.72. The van der Waals surface area contributed by atoms with Crippen molar-refractivity contribution >= 4 is 33.4 Å². The third kappa shape index (κ3) is 4.28. The summed E-state index contributed by atoms with van der Waals surface area (Å²) in [5, 5.41) is 4.61. The lowest BCUT2D eigenvalue weighted by Crippen LogP contribution is -2.44. The van der Waals surface area contributed by atoms with Gasteiger partial charge in [0.1, 0.15) is 23.1 Å². The summed E-state index contributed by atoms with van der Waals surface area (Å²) in [6, 6.07) is 7.56. The van der Waals surface area contributed by atoms with Crippen molar-refractivity contribution in [1.82, 2.24) is 20.0 Å². The molecular weight excluding hydrogens is 460 g/mol. The highest BCUT2D eigenvalue weighted by Crippen LogP contribution is 2.32. The minimum Gasteiger partial charge on any atom is -0.458 e. The number of rotatable bonds is 4. The van der Waals surface area contributed by atoms with Crippen LogP contribution < -0.4 is 4.74 Å². The number of carbonyl (C=O) groups is 1. The average Bonchev–Trinajstić information content (AvgIpc) is 3.11. The Bertz CT molecular complexity index is 1020. The SMILES string of the molecule is Cc1onc(-c2ccccc2Cl)c1C(=O)N1CCCC(Oc2ncc(Br)cn2)C1. The van der Waals surface area contributed by atoms with Crippen molar-refractivity contribution < 1.29 is 14.1 Å². The van der Waals surface area contributed by atoms with Crippen LogP contribution in [-0.4, -0.2) is 45.1 Å². The van der Waals surface area contributed by atoms with Gasteiger partial charge < -0.3 is 14.2 Å². The Morgan fingerprint density at radius 1 is 1.31 bits per heavy atom. The summed E-state index contributed by atoms with van der Waals surface area (Å²) in [7, 11) is 0. The molecule has 1 aromatic carbocycles. The molecule has 0 spiro atoms. The van der Waals surface area contributed by atoms with E-state index >= 15 is 0 Å². The molecule has 1 atom stereocenters. The normalized spacial score (nSPS) is 16.7. The van der Waals surface area contributed by atoms with Crippen molar-refractivity contribution in [3.8, 4) is 17.3 Å². The Kier molecular flexibility index (Phi) is 5.82. The summed E-state index contributed by atoms with van der Waals surface area (Å²) in [5.74, 6) is 0.313. The minimum atomic E-state index is -0.183. The molecule has 29 heavy (non-hydrogen) atoms. The third-order valence-electron chi connectivity index (χ3n) is 4.74. The number of amides is 1. The Labute approximate surface area is 181 Å². The van der Waals surface area contributed by atoms with Crippen molar-refractivity contribution in [2.24, 2.45) is 0 Å². The van der Waals surface area contributed by atoms with Crippen molar-refractivity contribution in [2.45, 2.75) is 25.9 Å². The van der Waals surface area contributed by atoms with E-state index in [1.54, 1.807) is 30.3 Å². The van der Waals surface area contributed by atoms with Gasteiger partial charge in [0.05, 0.1) is 16.0 Å². The van der Waals surface area contributed by atoms with Crippen LogP contribution in [0.2, 0.25) is 5.02 Å². The van der Waals surface area contributed by atoms with Crippen LogP contribution in [0.3, 0.4) is 0 Å². The molecular formula is C20H18BrClN4O3. The minimum absolute atomic E-state index is 0.149. The van der Waals surface area contributed by atoms with Crippen LogP contribution in [0.4, 0.5) is 0 Å². The van der Waals surface area contributed by atoms with Gasteiger partial charge in [0.2, 0.25) is 0 Å². The predicted molar refractivity (Wildman–Crippen MR) is 111 cm³/mol. The van der Waals surface area contributed by atoms with Crippen LogP contribution in [-0.2, 0) is 0 Å². The fraction of sp³-hybridized carbons (Fsp3) is 0.300. The van der Waals surface area contributed by atoms with Crippen molar-refractivity contribution in [2.75, 3.05) is 13.1 Å². The van der Waals surface area contributed by atoms with Gasteiger partial charge in [-0.05, 0) is 41.8 Å². The second kappa shape index (κ2) is 8.51. The quantitative estimate of drug-likeness (QED) is 0.549. The number of likely N-dealkylation sites (tertiary alicyclic amines) is 1. The van der Waals surface area contributed by atoms with Crippen LogP contribution in [0, 0.1) is 6.92 Å². The lowest BCUT2D eigenvalue weighted by atomic mass is 10.0. The highest BCUT2D eigenvalue weighted by atomic mass is 79.9. The number of carbonyl (C=O) groups excluding carboxylic acids is 1. The fourth-order valence-electron chi connectivity index (χ4n) is 3.35. The van der Waals surface area contributed by atoms with Gasteiger partial charge >= 0.3 is 6.01 Å². The first-order chi connectivity index (χ1) is 14.0. The van der Waals surface area contributed by atoms with E-state index < -0.39 is 0 Å². The van der Waals surface area contributed by atoms with Gasteiger partial charge in [-0.2, -0.15) is 0 Å². The molecule has 1 unspecified atom stereocenters. The molecule has 4 rings (SSSR count). The molecule has 1 amide bonds. The van der Waals surface area contributed by atoms with Gasteiger partial charge in [-0.1, -0.05) is 35.0 Å². The molecule has 0 N–H and O–H groups in total. The maximum absolute atomic E-state index is 13.3. The zero-order chi connectivity index (χ0) is 20.4. The summed E-state index contributed by atoms with van der Waals surface area (Å²) in [4.78, 5) is 23.4. The molecule has 1 fully saturated rings. The number of nitrogens with zero attached hydrogens (tertiary/aromatic N) is 4. The van der Waals surface area contributed by atoms with Crippen LogP contribution >= 0.6 is 27.5 Å². The lowest BCUT2D eigenvalue weighted by Gasteiger charge is -2.32. The smallest absolute Gasteiger partial charge is 0.316 e. The Morgan fingerprint density at radius 3 is 2.83 bits per heavy atom. The van der Waals surface area contributed by atoms with Crippen LogP contribution in [0.5, 0.6) is 6.01 Å². The van der Waals surface area contributed by atoms with E-state index in [2.05, 4.69) is 31.1 Å². The van der Waals surface area contributed by atoms with E-state index in [-0.39, 0.29) is 12.0 Å². The molecule has 0 aliphatic carbocycles. The molecule has 0 saturated carbocycles. The number of hydrogen-bond donors (Lipinski definition) is 0. The first-order valence-corrected chi connectivity index (χ1v) is 10.3. The molecule has 1 saturated heterocycles. The second-order valence-electron chi connectivity index (χ2n) is 6.76. The van der Waals surface area contributed by atoms with Gasteiger partial charge in [0, 0.05) is 24.5 Å². The number of hydrogen-bond acceptors (Lipinski definition) is 6. The number of ether oxygens (including phenoxy) is 1. The Balaban J connectivity index is 1.55. The number of aromatic nitrogens is 3. The zero-order valence-corrected chi connectivity index (χ0v) is 18.0. The van der Waals surface area contributed by atoms with Gasteiger partial charge in [-0.25, -0.2) is 9.97 Å². The van der Waals surface area contributed by atoms with Gasteiger partial charge in [-0.15, -0.1) is 0 Å². The van der Waals surface area contributed by atoms with Crippen molar-refractivity contribution in [3.05, 3.63) is 57.5 Å². The number of aryl methyl sites for hydroxylation is 1. The van der Waals surface area contributed by atoms with E-state index in [0.717, 1.165) is 17.3 Å². The van der Waals surface area contributed by atoms with Gasteiger partial charge in [0.15, 0.2) is 0 Å². The van der Waals surface area contributed by atoms with Gasteiger partial charge in [-0.3, -0.25) is 4.79 Å². The maximum Gasteiger partial charge on any atom is 0.316 e. The maximum atomic E-state index is 13.3. The molecule has 1 aliphatic heterocycles. The molecule has 9 heteroatoms. The van der Waals surface area contributed by atoms with Crippen molar-refractivity contribution in [1.29, 1.82) is 0 Å². The topological polar surface area (TPSA) is 81.4 Å².